The SMILES string of the molecule is CCNC(=NCc1oc2ccccc2c1C)NCCC(=O)N1CCc2sccc2C1.I. The first-order chi connectivity index (χ1) is 14.7. The summed E-state index contributed by atoms with van der Waals surface area (Å²) in [6.45, 7) is 7.40. The summed E-state index contributed by atoms with van der Waals surface area (Å²) in [6.07, 6.45) is 1.42. The fourth-order valence-electron chi connectivity index (χ4n) is 3.78. The molecule has 0 saturated carbocycles. The van der Waals surface area contributed by atoms with Crippen molar-refractivity contribution in [2.75, 3.05) is 19.6 Å². The van der Waals surface area contributed by atoms with Gasteiger partial charge in [-0.25, -0.2) is 4.99 Å². The number of hydrogen-bond acceptors (Lipinski definition) is 4. The summed E-state index contributed by atoms with van der Waals surface area (Å²) < 4.78 is 5.95. The molecule has 2 aromatic heterocycles. The minimum atomic E-state index is 0. The molecule has 1 aliphatic rings. The molecule has 1 amide bonds. The van der Waals surface area contributed by atoms with E-state index in [0.29, 0.717) is 25.5 Å². The predicted octanol–water partition coefficient (Wildman–Crippen LogP) is 4.45. The number of guanidine groups is 1. The maximum atomic E-state index is 12.6. The van der Waals surface area contributed by atoms with E-state index in [1.54, 1.807) is 11.3 Å². The minimum Gasteiger partial charge on any atom is -0.459 e. The van der Waals surface area contributed by atoms with Crippen LogP contribution >= 0.6 is 35.3 Å². The predicted molar refractivity (Wildman–Crippen MR) is 137 cm³/mol. The van der Waals surface area contributed by atoms with Gasteiger partial charge in [0, 0.05) is 48.4 Å². The van der Waals surface area contributed by atoms with Gasteiger partial charge in [-0.15, -0.1) is 35.3 Å². The van der Waals surface area contributed by atoms with Gasteiger partial charge in [-0.05, 0) is 43.3 Å². The molecule has 0 atom stereocenters. The van der Waals surface area contributed by atoms with E-state index in [2.05, 4.69) is 40.1 Å². The van der Waals surface area contributed by atoms with Gasteiger partial charge < -0.3 is 20.0 Å². The van der Waals surface area contributed by atoms with Crippen molar-refractivity contribution in [3.05, 3.63) is 57.5 Å². The summed E-state index contributed by atoms with van der Waals surface area (Å²) in [5.74, 6) is 1.75. The van der Waals surface area contributed by atoms with Gasteiger partial charge in [0.2, 0.25) is 5.91 Å². The molecule has 0 spiro atoms. The summed E-state index contributed by atoms with van der Waals surface area (Å²) in [5.41, 5.74) is 3.31. The number of aliphatic imine (C=N–C) groups is 1. The average molecular weight is 552 g/mol. The maximum absolute atomic E-state index is 12.6. The lowest BCUT2D eigenvalue weighted by Gasteiger charge is -2.27. The quantitative estimate of drug-likeness (QED) is 0.270. The van der Waals surface area contributed by atoms with Crippen LogP contribution in [0.25, 0.3) is 11.0 Å². The molecule has 3 heterocycles. The van der Waals surface area contributed by atoms with Crippen molar-refractivity contribution in [1.82, 2.24) is 15.5 Å². The van der Waals surface area contributed by atoms with E-state index < -0.39 is 0 Å². The Hall–Kier alpha value is -2.07. The van der Waals surface area contributed by atoms with Gasteiger partial charge in [-0.2, -0.15) is 0 Å². The second-order valence-electron chi connectivity index (χ2n) is 7.45. The number of benzene rings is 1. The van der Waals surface area contributed by atoms with Crippen LogP contribution in [0.5, 0.6) is 0 Å². The number of carbonyl (C=O) groups is 1. The van der Waals surface area contributed by atoms with Crippen molar-refractivity contribution in [1.29, 1.82) is 0 Å². The van der Waals surface area contributed by atoms with Crippen molar-refractivity contribution in [3.8, 4) is 0 Å². The first kappa shape index (κ1) is 23.6. The highest BCUT2D eigenvalue weighted by molar-refractivity contribution is 14.0. The number of thiophene rings is 1. The number of rotatable bonds is 6. The van der Waals surface area contributed by atoms with E-state index in [4.69, 9.17) is 4.42 Å². The van der Waals surface area contributed by atoms with Gasteiger partial charge in [-0.1, -0.05) is 18.2 Å². The molecule has 0 radical (unpaired) electrons. The van der Waals surface area contributed by atoms with Gasteiger partial charge in [0.25, 0.3) is 0 Å². The van der Waals surface area contributed by atoms with Crippen molar-refractivity contribution >= 4 is 58.1 Å². The van der Waals surface area contributed by atoms with Crippen LogP contribution in [0.4, 0.5) is 0 Å². The fraction of sp³-hybridized carbons (Fsp3) is 0.391. The molecule has 1 aromatic carbocycles. The zero-order valence-corrected chi connectivity index (χ0v) is 21.1. The Balaban J connectivity index is 0.00000272. The molecular weight excluding hydrogens is 523 g/mol. The van der Waals surface area contributed by atoms with Gasteiger partial charge >= 0.3 is 0 Å². The first-order valence-electron chi connectivity index (χ1n) is 10.5. The lowest BCUT2D eigenvalue weighted by molar-refractivity contribution is -0.131. The Morgan fingerprint density at radius 2 is 2.10 bits per heavy atom. The molecule has 0 aliphatic carbocycles. The maximum Gasteiger partial charge on any atom is 0.224 e. The summed E-state index contributed by atoms with van der Waals surface area (Å²) in [5, 5.41) is 9.76. The normalized spacial score (nSPS) is 13.6. The number of aryl methyl sites for hydroxylation is 1. The topological polar surface area (TPSA) is 69.9 Å². The Kier molecular flexibility index (Phi) is 8.36. The van der Waals surface area contributed by atoms with Crippen molar-refractivity contribution in [2.45, 2.75) is 39.8 Å². The van der Waals surface area contributed by atoms with Gasteiger partial charge in [0.15, 0.2) is 5.96 Å². The minimum absolute atomic E-state index is 0. The van der Waals surface area contributed by atoms with Gasteiger partial charge in [-0.3, -0.25) is 4.79 Å². The molecule has 8 heteroatoms. The monoisotopic (exact) mass is 552 g/mol. The molecule has 0 fully saturated rings. The Morgan fingerprint density at radius 3 is 2.90 bits per heavy atom. The second kappa shape index (κ2) is 11.0. The molecule has 0 bridgehead atoms. The molecule has 4 rings (SSSR count). The Morgan fingerprint density at radius 1 is 1.26 bits per heavy atom. The van der Waals surface area contributed by atoms with Crippen LogP contribution in [0.1, 0.15) is 35.1 Å². The zero-order chi connectivity index (χ0) is 20.9. The largest absolute Gasteiger partial charge is 0.459 e. The van der Waals surface area contributed by atoms with E-state index in [0.717, 1.165) is 48.3 Å². The number of amides is 1. The Bertz CT molecular complexity index is 1060. The Labute approximate surface area is 204 Å². The summed E-state index contributed by atoms with van der Waals surface area (Å²) in [7, 11) is 0. The smallest absolute Gasteiger partial charge is 0.224 e. The average Bonchev–Trinajstić information content (AvgIpc) is 3.36. The van der Waals surface area contributed by atoms with Crippen LogP contribution in [0.2, 0.25) is 0 Å². The van der Waals surface area contributed by atoms with Crippen LogP contribution in [-0.2, 0) is 24.3 Å². The van der Waals surface area contributed by atoms with E-state index in [1.807, 2.05) is 30.0 Å². The second-order valence-corrected chi connectivity index (χ2v) is 8.45. The van der Waals surface area contributed by atoms with Crippen LogP contribution in [0, 0.1) is 6.92 Å². The molecule has 166 valence electrons. The first-order valence-corrected chi connectivity index (χ1v) is 11.4. The number of halogens is 1. The van der Waals surface area contributed by atoms with E-state index in [-0.39, 0.29) is 29.9 Å². The molecular formula is C23H29IN4O2S. The standard InChI is InChI=1S/C23H28N4O2S.HI/c1-3-24-23(26-14-20-16(2)18-6-4-5-7-19(18)29-20)25-11-8-22(28)27-12-9-21-17(15-27)10-13-30-21;/h4-7,10,13H,3,8-9,11-12,14-15H2,1-2H3,(H2,24,25,26);1H. The van der Waals surface area contributed by atoms with Crippen molar-refractivity contribution < 1.29 is 9.21 Å². The van der Waals surface area contributed by atoms with Crippen LogP contribution in [0.3, 0.4) is 0 Å². The van der Waals surface area contributed by atoms with E-state index >= 15 is 0 Å². The molecule has 31 heavy (non-hydrogen) atoms. The molecule has 6 nitrogen and oxygen atoms in total. The molecule has 0 unspecified atom stereocenters. The number of para-hydroxylation sites is 1. The number of carbonyl (C=O) groups excluding carboxylic acids is 1. The lowest BCUT2D eigenvalue weighted by atomic mass is 10.1. The summed E-state index contributed by atoms with van der Waals surface area (Å²) >= 11 is 1.79. The zero-order valence-electron chi connectivity index (χ0n) is 17.9. The number of hydrogen-bond donors (Lipinski definition) is 2. The van der Waals surface area contributed by atoms with Crippen LogP contribution in [-0.4, -0.2) is 36.4 Å². The number of nitrogens with zero attached hydrogens (tertiary/aromatic N) is 2. The molecule has 0 saturated heterocycles. The highest BCUT2D eigenvalue weighted by atomic mass is 127. The lowest BCUT2D eigenvalue weighted by Crippen LogP contribution is -2.41. The van der Waals surface area contributed by atoms with E-state index in [1.165, 1.54) is 10.4 Å². The third-order valence-electron chi connectivity index (χ3n) is 5.46. The van der Waals surface area contributed by atoms with Gasteiger partial charge in [0.05, 0.1) is 0 Å². The van der Waals surface area contributed by atoms with Gasteiger partial charge in [0.1, 0.15) is 17.9 Å². The number of furan rings is 1. The molecule has 1 aliphatic heterocycles. The molecule has 3 aromatic rings. The van der Waals surface area contributed by atoms with Crippen LogP contribution < -0.4 is 10.6 Å². The summed E-state index contributed by atoms with van der Waals surface area (Å²) in [4.78, 5) is 20.6. The summed E-state index contributed by atoms with van der Waals surface area (Å²) in [6, 6.07) is 10.2. The third-order valence-corrected chi connectivity index (χ3v) is 6.48. The third kappa shape index (κ3) is 5.60. The van der Waals surface area contributed by atoms with Crippen molar-refractivity contribution in [2.24, 2.45) is 4.99 Å². The van der Waals surface area contributed by atoms with Crippen LogP contribution in [0.15, 0.2) is 45.1 Å². The van der Waals surface area contributed by atoms with Crippen molar-refractivity contribution in [3.63, 3.8) is 0 Å². The van der Waals surface area contributed by atoms with E-state index in [9.17, 15) is 4.79 Å². The fourth-order valence-corrected chi connectivity index (χ4v) is 4.67. The molecule has 2 N–H and O–H groups in total. The number of fused-ring (bicyclic) bond motifs is 2. The number of nitrogens with one attached hydrogen (secondary N) is 2. The highest BCUT2D eigenvalue weighted by Gasteiger charge is 2.21. The highest BCUT2D eigenvalue weighted by Crippen LogP contribution is 2.25.